The van der Waals surface area contributed by atoms with Crippen molar-refractivity contribution in [3.05, 3.63) is 81.8 Å². The van der Waals surface area contributed by atoms with Gasteiger partial charge in [-0.25, -0.2) is 28.1 Å². The molecule has 9 rings (SSSR count). The number of nitrogens with zero attached hydrogens (tertiary/aromatic N) is 21. The minimum atomic E-state index is -1.75. The smallest absolute Gasteiger partial charge is 0.303 e. The van der Waals surface area contributed by atoms with Gasteiger partial charge < -0.3 is 94.7 Å². The Morgan fingerprint density at radius 1 is 0.361 bits per heavy atom. The maximum atomic E-state index is 11.9. The zero-order valence-electron chi connectivity index (χ0n) is 86.4. The van der Waals surface area contributed by atoms with E-state index in [0.717, 1.165) is 13.2 Å². The Balaban J connectivity index is 0.000000360. The highest BCUT2D eigenvalue weighted by atomic mass is 28.3. The molecule has 3 saturated heterocycles. The summed E-state index contributed by atoms with van der Waals surface area (Å²) >= 11 is 0. The standard InChI is InChI=1S/C36H55N9O11Si.C22H36N6O6Si.C20H33N3O5Si.C14H19N3O5.CH4/c1-26(46)54-32(21-49-10-9-11-57(7,8)36(4,5)6)15-43-12-29(37-40-43)18-50-22-33(55-27(2)47)16-44-13-30(38-41-44)19-51-23-34(56-28(3)48)17-45-14-31(39-42-45)20-52-24-35-25-53-35;1-17(29)33-20(11-24-26-23)15-32-14-19-12-28(27-25-19)13-21(34-18(2)30)16-31-9-8-10-35(6,7)22(3,4)5;1-16(24)28-18(13-25-8-7-9-29(5,6)20(2,3)4)11-23-10-17(21-22-23)12-26-14-19-15-27-19;1-3-4-19-8-13(22-11(2)18)6-17-5-12(15-16-17)7-20-9-14-10-21-14;/h12-14,32-35H,10,15-25H2,1-8H3;12,20-21H,9,11,13-16H2,1-7H3;10,18-19H,8,11-15H2,1-6H3;1,5,13-14H,4,6-10H2,2H3;1H4/t32-,33-,34-,35+;20-,21-;18-,19+;13-,14+;/m1111./s1. The van der Waals surface area contributed by atoms with Crippen LogP contribution in [-0.2, 0) is 207 Å². The van der Waals surface area contributed by atoms with Gasteiger partial charge >= 0.3 is 41.8 Å². The van der Waals surface area contributed by atoms with Gasteiger partial charge in [-0.05, 0) is 20.6 Å². The van der Waals surface area contributed by atoms with Crippen molar-refractivity contribution in [1.29, 1.82) is 0 Å². The second kappa shape index (κ2) is 63.3. The molecule has 144 heavy (non-hydrogen) atoms. The summed E-state index contributed by atoms with van der Waals surface area (Å²) in [4.78, 5) is 83.2. The number of rotatable bonds is 57. The first kappa shape index (κ1) is 123. The summed E-state index contributed by atoms with van der Waals surface area (Å²) < 4.78 is 118. The number of terminal acetylenes is 1. The van der Waals surface area contributed by atoms with E-state index in [1.807, 2.05) is 0 Å². The number of carbonyl (C=O) groups excluding carboxylic acids is 7. The average molecular weight is 2080 g/mol. The lowest BCUT2D eigenvalue weighted by Gasteiger charge is -2.31. The summed E-state index contributed by atoms with van der Waals surface area (Å²) in [7, 11) is -5.11. The van der Waals surface area contributed by atoms with E-state index < -0.39 is 96.8 Å². The average Bonchev–Trinajstić information content (AvgIpc) is 1.25. The first-order valence-electron chi connectivity index (χ1n) is 46.7. The maximum Gasteiger partial charge on any atom is 0.303 e. The molecule has 6 aromatic heterocycles. The number of hydrogen-bond donors (Lipinski definition) is 0. The van der Waals surface area contributed by atoms with Crippen molar-refractivity contribution in [2.45, 2.75) is 313 Å². The Hall–Kier alpha value is -11.2. The van der Waals surface area contributed by atoms with E-state index in [1.165, 1.54) is 57.8 Å². The van der Waals surface area contributed by atoms with Crippen LogP contribution in [0.1, 0.15) is 152 Å². The highest BCUT2D eigenvalue weighted by molar-refractivity contribution is 6.88. The highest BCUT2D eigenvalue weighted by Crippen LogP contribution is 2.37. The van der Waals surface area contributed by atoms with Crippen LogP contribution in [0.3, 0.4) is 0 Å². The predicted octanol–water partition coefficient (Wildman–Crippen LogP) is 7.31. The fourth-order valence-electron chi connectivity index (χ4n) is 11.4. The van der Waals surface area contributed by atoms with Gasteiger partial charge in [-0.2, -0.15) is 0 Å². The minimum Gasteiger partial charge on any atom is -0.460 e. The predicted molar refractivity (Wildman–Crippen MR) is 524 cm³/mol. The van der Waals surface area contributed by atoms with E-state index in [9.17, 15) is 33.6 Å². The second-order valence-corrected chi connectivity index (χ2v) is 53.4. The number of azide groups is 1. The molecule has 3 fully saturated rings. The number of carbonyl (C=O) groups is 7. The van der Waals surface area contributed by atoms with Crippen LogP contribution in [0.25, 0.3) is 10.4 Å². The Kier molecular flexibility index (Phi) is 54.2. The van der Waals surface area contributed by atoms with E-state index in [-0.39, 0.29) is 171 Å². The van der Waals surface area contributed by atoms with Crippen LogP contribution >= 0.6 is 0 Å². The third-order valence-corrected chi connectivity index (χ3v) is 35.5. The molecule has 48 nitrogen and oxygen atoms in total. The zero-order chi connectivity index (χ0) is 105. The van der Waals surface area contributed by atoms with Crippen LogP contribution < -0.4 is 0 Å². The molecule has 0 bridgehead atoms. The molecule has 0 spiro atoms. The summed E-state index contributed by atoms with van der Waals surface area (Å²) in [5, 5.41) is 52.8. The molecule has 0 aliphatic carbocycles. The molecule has 10 atom stereocenters. The zero-order valence-corrected chi connectivity index (χ0v) is 89.4. The van der Waals surface area contributed by atoms with Gasteiger partial charge in [-0.1, -0.05) is 169 Å². The summed E-state index contributed by atoms with van der Waals surface area (Å²) in [5.74, 6) is 8.67. The molecule has 0 unspecified atom stereocenters. The molecule has 9 heterocycles. The van der Waals surface area contributed by atoms with Crippen molar-refractivity contribution < 1.29 is 128 Å². The summed E-state index contributed by atoms with van der Waals surface area (Å²) in [5.41, 5.74) is 22.2. The lowest BCUT2D eigenvalue weighted by Crippen LogP contribution is -2.35. The number of hydrogen-bond acceptors (Lipinski definition) is 40. The molecule has 3 aliphatic rings. The largest absolute Gasteiger partial charge is 0.460 e. The molecule has 0 saturated carbocycles. The van der Waals surface area contributed by atoms with E-state index in [2.05, 4.69) is 214 Å². The summed E-state index contributed by atoms with van der Waals surface area (Å²) in [6.45, 7) is 51.1. The summed E-state index contributed by atoms with van der Waals surface area (Å²) in [6.07, 6.45) is 11.8. The van der Waals surface area contributed by atoms with Crippen molar-refractivity contribution >= 4 is 66.0 Å². The van der Waals surface area contributed by atoms with Gasteiger partial charge in [0.05, 0.1) is 209 Å². The van der Waals surface area contributed by atoms with Crippen LogP contribution in [0, 0.1) is 46.7 Å². The molecule has 51 heteroatoms. The number of esters is 7. The Morgan fingerprint density at radius 2 is 0.556 bits per heavy atom. The third kappa shape index (κ3) is 53.6. The van der Waals surface area contributed by atoms with Gasteiger partial charge in [0.15, 0.2) is 0 Å². The van der Waals surface area contributed by atoms with Gasteiger partial charge in [0.2, 0.25) is 0 Å². The van der Waals surface area contributed by atoms with Gasteiger partial charge in [0.1, 0.15) is 146 Å². The molecule has 6 aromatic rings. The molecule has 3 aliphatic heterocycles. The van der Waals surface area contributed by atoms with E-state index in [1.54, 1.807) is 55.9 Å². The number of ether oxygens (including phenoxy) is 20. The SMILES string of the molecule is C.C#CCOC[C@@H](Cn1cc(COC[C@H]2CO2)nn1)OC(C)=O.CC(=O)O[C@@H](COCC#C[Si](C)(C)C(C)(C)C)Cn1cc(COC[C@@H](Cn2cc(COC[C@@H](Cn3cc(COC[C@H]4CO4)nn3)OC(C)=O)nn2)OC(C)=O)nn1.CC(=O)O[C@@H](COCC#C[Si](C)(C)C(C)(C)C)Cn1cc(COC[C@H]2CO2)nn1.CC(=O)O[C@H](CN=[N+]=[N-])COCc1cn(C[C@H](COCC#C[Si](C)(C)C(C)(C)C)OC(C)=O)nn1. The van der Waals surface area contributed by atoms with Crippen molar-refractivity contribution in [3.63, 3.8) is 0 Å². The molecular formula is C93H147N21O27Si3. The van der Waals surface area contributed by atoms with Crippen LogP contribution in [-0.4, -0.2) is 336 Å². The minimum absolute atomic E-state index is 0. The van der Waals surface area contributed by atoms with Gasteiger partial charge in [0.25, 0.3) is 0 Å². The summed E-state index contributed by atoms with van der Waals surface area (Å²) in [6, 6.07) is 0. The van der Waals surface area contributed by atoms with Gasteiger partial charge in [-0.3, -0.25) is 33.6 Å². The Bertz CT molecular complexity index is 5170. The molecule has 0 aromatic carbocycles. The van der Waals surface area contributed by atoms with Gasteiger partial charge in [0, 0.05) is 53.4 Å². The molecule has 0 amide bonds. The van der Waals surface area contributed by atoms with E-state index in [0.29, 0.717) is 100 Å². The molecule has 798 valence electrons. The third-order valence-electron chi connectivity index (χ3n) is 21.8. The first-order chi connectivity index (χ1) is 67.6. The Labute approximate surface area is 845 Å². The topological polar surface area (TPSA) is 547 Å². The Morgan fingerprint density at radius 3 is 0.750 bits per heavy atom. The number of aromatic nitrogens is 18. The lowest BCUT2D eigenvalue weighted by atomic mass is 10.2. The van der Waals surface area contributed by atoms with Crippen LogP contribution in [0.15, 0.2) is 42.3 Å². The molecule has 0 radical (unpaired) electrons. The van der Waals surface area contributed by atoms with E-state index in [4.69, 9.17) is 107 Å². The van der Waals surface area contributed by atoms with Gasteiger partial charge in [-0.15, -0.1) is 53.6 Å². The lowest BCUT2D eigenvalue weighted by molar-refractivity contribution is -0.151. The highest BCUT2D eigenvalue weighted by Gasteiger charge is 2.37. The second-order valence-electron chi connectivity index (χ2n) is 38.4. The maximum absolute atomic E-state index is 11.9. The van der Waals surface area contributed by atoms with Crippen molar-refractivity contribution in [2.24, 2.45) is 5.11 Å². The number of epoxide rings is 3. The first-order valence-corrected chi connectivity index (χ1v) is 55.7. The van der Waals surface area contributed by atoms with Crippen molar-refractivity contribution in [1.82, 2.24) is 90.0 Å². The molecular weight excluding hydrogens is 1930 g/mol. The molecule has 0 N–H and O–H groups in total. The van der Waals surface area contributed by atoms with E-state index >= 15 is 0 Å². The quantitative estimate of drug-likeness (QED) is 0.00415. The fourth-order valence-corrected chi connectivity index (χ4v) is 14.1. The van der Waals surface area contributed by atoms with Crippen LogP contribution in [0.2, 0.25) is 54.4 Å². The van der Waals surface area contributed by atoms with Crippen molar-refractivity contribution in [2.75, 3.05) is 119 Å². The fraction of sp³-hybridized carbons (Fsp3) is 0.710. The van der Waals surface area contributed by atoms with Crippen LogP contribution in [0.4, 0.5) is 0 Å². The van der Waals surface area contributed by atoms with Crippen LogP contribution in [0.5, 0.6) is 0 Å². The monoisotopic (exact) mass is 2070 g/mol. The normalized spacial score (nSPS) is 15.6. The van der Waals surface area contributed by atoms with Crippen molar-refractivity contribution in [3.8, 4) is 46.7 Å².